The molecule has 0 atom stereocenters. The number of rotatable bonds is 6. The third-order valence-electron chi connectivity index (χ3n) is 6.45. The van der Waals surface area contributed by atoms with Gasteiger partial charge < -0.3 is 14.5 Å². The Labute approximate surface area is 192 Å². The number of carbonyl (C=O) groups is 1. The van der Waals surface area contributed by atoms with E-state index in [1.807, 2.05) is 27.8 Å². The Hall–Kier alpha value is -3.42. The van der Waals surface area contributed by atoms with Crippen LogP contribution in [-0.4, -0.2) is 58.9 Å². The molecule has 0 spiro atoms. The zero-order valence-corrected chi connectivity index (χ0v) is 19.0. The first kappa shape index (κ1) is 21.4. The number of nitrogens with zero attached hydrogens (tertiary/aromatic N) is 5. The van der Waals surface area contributed by atoms with E-state index in [0.717, 1.165) is 54.4 Å². The molecule has 3 aromatic rings. The molecule has 1 saturated heterocycles. The van der Waals surface area contributed by atoms with Gasteiger partial charge in [-0.05, 0) is 55.7 Å². The number of hydrogen-bond donors (Lipinski definition) is 0. The zero-order valence-electron chi connectivity index (χ0n) is 19.0. The van der Waals surface area contributed by atoms with E-state index in [0.29, 0.717) is 24.6 Å². The number of pyridine rings is 1. The van der Waals surface area contributed by atoms with Crippen LogP contribution >= 0.6 is 0 Å². The summed E-state index contributed by atoms with van der Waals surface area (Å²) in [5, 5.41) is 4.74. The van der Waals surface area contributed by atoms with Gasteiger partial charge in [-0.25, -0.2) is 9.37 Å². The molecule has 0 unspecified atom stereocenters. The lowest BCUT2D eigenvalue weighted by atomic mass is 10.1. The number of aryl methyl sites for hydroxylation is 1. The zero-order chi connectivity index (χ0) is 22.9. The highest BCUT2D eigenvalue weighted by Crippen LogP contribution is 2.41. The van der Waals surface area contributed by atoms with Crippen molar-refractivity contribution in [3.05, 3.63) is 59.7 Å². The maximum atomic E-state index is 13.7. The molecule has 8 heteroatoms. The van der Waals surface area contributed by atoms with Crippen molar-refractivity contribution in [2.75, 3.05) is 38.2 Å². The van der Waals surface area contributed by atoms with Crippen LogP contribution in [-0.2, 0) is 11.3 Å². The Morgan fingerprint density at radius 2 is 1.91 bits per heavy atom. The lowest BCUT2D eigenvalue weighted by molar-refractivity contribution is -0.132. The normalized spacial score (nSPS) is 16.2. The van der Waals surface area contributed by atoms with E-state index in [2.05, 4.69) is 16.0 Å². The van der Waals surface area contributed by atoms with Crippen molar-refractivity contribution < 1.29 is 13.9 Å². The maximum absolute atomic E-state index is 13.7. The number of halogens is 1. The number of piperazine rings is 1. The highest BCUT2D eigenvalue weighted by molar-refractivity contribution is 5.76. The van der Waals surface area contributed by atoms with E-state index in [1.165, 1.54) is 6.07 Å². The smallest absolute Gasteiger partial charge is 0.244 e. The minimum Gasteiger partial charge on any atom is -0.497 e. The number of benzene rings is 1. The number of hydrogen-bond acceptors (Lipinski definition) is 5. The summed E-state index contributed by atoms with van der Waals surface area (Å²) in [5.74, 6) is 1.94. The van der Waals surface area contributed by atoms with Gasteiger partial charge >= 0.3 is 0 Å². The lowest BCUT2D eigenvalue weighted by Crippen LogP contribution is -2.50. The Bertz CT molecular complexity index is 1170. The SMILES string of the molecule is COc1ccnc(N2CCN(C(=O)Cn3nc(-c4ccc(F)c(C)c4)cc3C3CC3)CC2)c1. The average Bonchev–Trinajstić information content (AvgIpc) is 3.61. The van der Waals surface area contributed by atoms with Crippen LogP contribution in [0.2, 0.25) is 0 Å². The van der Waals surface area contributed by atoms with Crippen LogP contribution < -0.4 is 9.64 Å². The first-order chi connectivity index (χ1) is 16.0. The van der Waals surface area contributed by atoms with Crippen LogP contribution in [0, 0.1) is 12.7 Å². The van der Waals surface area contributed by atoms with Crippen LogP contribution in [0.15, 0.2) is 42.6 Å². The van der Waals surface area contributed by atoms with Gasteiger partial charge in [-0.15, -0.1) is 0 Å². The fraction of sp³-hybridized carbons (Fsp3) is 0.400. The molecule has 1 saturated carbocycles. The summed E-state index contributed by atoms with van der Waals surface area (Å²) in [7, 11) is 1.64. The molecule has 7 nitrogen and oxygen atoms in total. The van der Waals surface area contributed by atoms with E-state index in [4.69, 9.17) is 9.84 Å². The molecule has 0 radical (unpaired) electrons. The Morgan fingerprint density at radius 3 is 2.61 bits per heavy atom. The first-order valence-electron chi connectivity index (χ1n) is 11.4. The number of aromatic nitrogens is 3. The van der Waals surface area contributed by atoms with Gasteiger partial charge in [0.2, 0.25) is 5.91 Å². The van der Waals surface area contributed by atoms with Crippen LogP contribution in [0.4, 0.5) is 10.2 Å². The second kappa shape index (κ2) is 8.84. The van der Waals surface area contributed by atoms with Gasteiger partial charge in [-0.3, -0.25) is 9.48 Å². The van der Waals surface area contributed by atoms with Gasteiger partial charge in [0.15, 0.2) is 0 Å². The van der Waals surface area contributed by atoms with E-state index in [9.17, 15) is 9.18 Å². The van der Waals surface area contributed by atoms with Crippen molar-refractivity contribution in [3.63, 3.8) is 0 Å². The topological polar surface area (TPSA) is 63.5 Å². The van der Waals surface area contributed by atoms with Crippen molar-refractivity contribution in [2.24, 2.45) is 0 Å². The Morgan fingerprint density at radius 1 is 1.12 bits per heavy atom. The molecule has 0 bridgehead atoms. The quantitative estimate of drug-likeness (QED) is 0.575. The minimum absolute atomic E-state index is 0.0695. The number of methoxy groups -OCH3 is 1. The average molecular weight is 450 g/mol. The van der Waals surface area contributed by atoms with Crippen molar-refractivity contribution in [2.45, 2.75) is 32.2 Å². The Balaban J connectivity index is 1.27. The molecule has 0 N–H and O–H groups in total. The molecule has 2 aromatic heterocycles. The summed E-state index contributed by atoms with van der Waals surface area (Å²) in [6.45, 7) is 4.70. The van der Waals surface area contributed by atoms with E-state index in [1.54, 1.807) is 26.3 Å². The van der Waals surface area contributed by atoms with Crippen molar-refractivity contribution in [1.29, 1.82) is 0 Å². The second-order valence-electron chi connectivity index (χ2n) is 8.77. The van der Waals surface area contributed by atoms with Crippen LogP contribution in [0.1, 0.15) is 30.0 Å². The standard InChI is InChI=1S/C25H28FN5O2/c1-17-13-19(5-6-21(17)26)22-15-23(18-3-4-18)31(28-22)16-25(32)30-11-9-29(10-12-30)24-14-20(33-2)7-8-27-24/h5-8,13-15,18H,3-4,9-12,16H2,1-2H3. The van der Waals surface area contributed by atoms with Gasteiger partial charge in [-0.1, -0.05) is 0 Å². The molecule has 1 aliphatic heterocycles. The largest absolute Gasteiger partial charge is 0.497 e. The van der Waals surface area contributed by atoms with Crippen LogP contribution in [0.25, 0.3) is 11.3 Å². The summed E-state index contributed by atoms with van der Waals surface area (Å²) in [4.78, 5) is 21.6. The summed E-state index contributed by atoms with van der Waals surface area (Å²) < 4.78 is 20.8. The molecular weight excluding hydrogens is 421 g/mol. The van der Waals surface area contributed by atoms with E-state index >= 15 is 0 Å². The van der Waals surface area contributed by atoms with E-state index < -0.39 is 0 Å². The molecule has 172 valence electrons. The highest BCUT2D eigenvalue weighted by Gasteiger charge is 2.30. The molecule has 5 rings (SSSR count). The van der Waals surface area contributed by atoms with E-state index in [-0.39, 0.29) is 18.3 Å². The van der Waals surface area contributed by atoms with Crippen molar-refractivity contribution in [1.82, 2.24) is 19.7 Å². The predicted octanol–water partition coefficient (Wildman–Crippen LogP) is 3.63. The molecule has 1 amide bonds. The molecule has 1 aromatic carbocycles. The molecule has 2 aliphatic rings. The number of anilines is 1. The third kappa shape index (κ3) is 4.55. The molecular formula is C25H28FN5O2. The minimum atomic E-state index is -0.223. The van der Waals surface area contributed by atoms with Crippen LogP contribution in [0.3, 0.4) is 0 Å². The molecule has 33 heavy (non-hydrogen) atoms. The van der Waals surface area contributed by atoms with Gasteiger partial charge in [0.1, 0.15) is 23.9 Å². The summed E-state index contributed by atoms with van der Waals surface area (Å²) >= 11 is 0. The summed E-state index contributed by atoms with van der Waals surface area (Å²) in [6.07, 6.45) is 3.98. The summed E-state index contributed by atoms with van der Waals surface area (Å²) in [6, 6.07) is 10.8. The number of ether oxygens (including phenoxy) is 1. The van der Waals surface area contributed by atoms with Crippen LogP contribution in [0.5, 0.6) is 5.75 Å². The van der Waals surface area contributed by atoms with Crippen molar-refractivity contribution in [3.8, 4) is 17.0 Å². The molecule has 1 aliphatic carbocycles. The van der Waals surface area contributed by atoms with Crippen molar-refractivity contribution >= 4 is 11.7 Å². The number of amides is 1. The summed E-state index contributed by atoms with van der Waals surface area (Å²) in [5.41, 5.74) is 3.36. The highest BCUT2D eigenvalue weighted by atomic mass is 19.1. The van der Waals surface area contributed by atoms with Gasteiger partial charge in [0.25, 0.3) is 0 Å². The Kier molecular flexibility index (Phi) is 5.74. The lowest BCUT2D eigenvalue weighted by Gasteiger charge is -2.35. The fourth-order valence-corrected chi connectivity index (χ4v) is 4.32. The maximum Gasteiger partial charge on any atom is 0.244 e. The van der Waals surface area contributed by atoms with Gasteiger partial charge in [0.05, 0.1) is 12.8 Å². The second-order valence-corrected chi connectivity index (χ2v) is 8.77. The molecule has 2 fully saturated rings. The predicted molar refractivity (Wildman–Crippen MR) is 124 cm³/mol. The molecule has 3 heterocycles. The van der Waals surface area contributed by atoms with Gasteiger partial charge in [-0.2, -0.15) is 5.10 Å². The first-order valence-corrected chi connectivity index (χ1v) is 11.4. The third-order valence-corrected chi connectivity index (χ3v) is 6.45. The number of carbonyl (C=O) groups excluding carboxylic acids is 1. The van der Waals surface area contributed by atoms with Gasteiger partial charge in [0, 0.05) is 55.6 Å². The fourth-order valence-electron chi connectivity index (χ4n) is 4.32. The monoisotopic (exact) mass is 449 g/mol.